The fraction of sp³-hybridized carbons (Fsp3) is 0.778. The molecule has 144 valence electrons. The zero-order valence-corrected chi connectivity index (χ0v) is 16.4. The first-order valence-electron chi connectivity index (χ1n) is 9.78. The van der Waals surface area contributed by atoms with Crippen molar-refractivity contribution < 1.29 is 9.59 Å². The van der Waals surface area contributed by atoms with Crippen molar-refractivity contribution in [2.24, 2.45) is 5.92 Å². The van der Waals surface area contributed by atoms with Gasteiger partial charge in [-0.3, -0.25) is 19.3 Å². The van der Waals surface area contributed by atoms with E-state index in [0.717, 1.165) is 18.7 Å². The van der Waals surface area contributed by atoms with Crippen LogP contribution in [0.3, 0.4) is 0 Å². The van der Waals surface area contributed by atoms with Crippen molar-refractivity contribution in [3.8, 4) is 0 Å². The van der Waals surface area contributed by atoms with Crippen LogP contribution in [0.2, 0.25) is 0 Å². The SMILES string of the molecule is CCCc1n[nH]c(=S)n1CC(=O)N1CCN(C(=O)CC2CCCC2)CC1. The zero-order valence-electron chi connectivity index (χ0n) is 15.6. The number of aromatic amines is 1. The Kier molecular flexibility index (Phi) is 6.45. The molecule has 1 saturated heterocycles. The number of carbonyl (C=O) groups excluding carboxylic acids is 2. The standard InChI is InChI=1S/C18H29N5O2S/c1-2-5-15-19-20-18(26)23(15)13-17(25)22-10-8-21(9-11-22)16(24)12-14-6-3-4-7-14/h14H,2-13H2,1H3,(H,20,26). The van der Waals surface area contributed by atoms with Gasteiger partial charge in [0, 0.05) is 39.0 Å². The topological polar surface area (TPSA) is 74.2 Å². The first-order chi connectivity index (χ1) is 12.6. The van der Waals surface area contributed by atoms with Crippen molar-refractivity contribution in [1.82, 2.24) is 24.6 Å². The normalized spacial score (nSPS) is 18.5. The van der Waals surface area contributed by atoms with Crippen LogP contribution >= 0.6 is 12.2 Å². The van der Waals surface area contributed by atoms with E-state index in [1.165, 1.54) is 25.7 Å². The van der Waals surface area contributed by atoms with Gasteiger partial charge in [-0.15, -0.1) is 0 Å². The van der Waals surface area contributed by atoms with Crippen molar-refractivity contribution >= 4 is 24.0 Å². The molecule has 0 spiro atoms. The van der Waals surface area contributed by atoms with Crippen LogP contribution in [0, 0.1) is 10.7 Å². The van der Waals surface area contributed by atoms with Crippen LogP contribution < -0.4 is 0 Å². The van der Waals surface area contributed by atoms with Crippen molar-refractivity contribution in [3.05, 3.63) is 10.6 Å². The summed E-state index contributed by atoms with van der Waals surface area (Å²) in [6.07, 6.45) is 7.33. The van der Waals surface area contributed by atoms with Gasteiger partial charge in [-0.2, -0.15) is 5.10 Å². The molecule has 2 fully saturated rings. The predicted octanol–water partition coefficient (Wildman–Crippen LogP) is 2.14. The molecule has 2 amide bonds. The highest BCUT2D eigenvalue weighted by Gasteiger charge is 2.27. The number of aromatic nitrogens is 3. The summed E-state index contributed by atoms with van der Waals surface area (Å²) < 4.78 is 2.28. The summed E-state index contributed by atoms with van der Waals surface area (Å²) in [7, 11) is 0. The quantitative estimate of drug-likeness (QED) is 0.769. The van der Waals surface area contributed by atoms with Crippen LogP contribution in [0.25, 0.3) is 0 Å². The van der Waals surface area contributed by atoms with E-state index in [4.69, 9.17) is 12.2 Å². The molecule has 1 aliphatic heterocycles. The molecule has 1 aromatic heterocycles. The van der Waals surface area contributed by atoms with Gasteiger partial charge < -0.3 is 9.80 Å². The summed E-state index contributed by atoms with van der Waals surface area (Å²) in [5, 5.41) is 6.99. The van der Waals surface area contributed by atoms with Gasteiger partial charge in [0.25, 0.3) is 0 Å². The molecular weight excluding hydrogens is 350 g/mol. The third-order valence-corrected chi connectivity index (χ3v) is 5.84. The smallest absolute Gasteiger partial charge is 0.242 e. The Hall–Kier alpha value is -1.70. The van der Waals surface area contributed by atoms with E-state index in [1.54, 1.807) is 4.57 Å². The number of piperazine rings is 1. The Morgan fingerprint density at radius 3 is 2.35 bits per heavy atom. The lowest BCUT2D eigenvalue weighted by molar-refractivity contribution is -0.140. The van der Waals surface area contributed by atoms with E-state index in [-0.39, 0.29) is 18.4 Å². The van der Waals surface area contributed by atoms with Crippen LogP contribution in [0.5, 0.6) is 0 Å². The summed E-state index contributed by atoms with van der Waals surface area (Å²) in [6.45, 7) is 4.77. The van der Waals surface area contributed by atoms with E-state index in [2.05, 4.69) is 17.1 Å². The Balaban J connectivity index is 1.50. The Morgan fingerprint density at radius 1 is 1.12 bits per heavy atom. The molecular formula is C18H29N5O2S. The predicted molar refractivity (Wildman–Crippen MR) is 101 cm³/mol. The highest BCUT2D eigenvalue weighted by atomic mass is 32.1. The van der Waals surface area contributed by atoms with Crippen LogP contribution in [-0.4, -0.2) is 62.6 Å². The first-order valence-corrected chi connectivity index (χ1v) is 10.2. The fourth-order valence-corrected chi connectivity index (χ4v) is 4.17. The first kappa shape index (κ1) is 19.1. The molecule has 7 nitrogen and oxygen atoms in total. The monoisotopic (exact) mass is 379 g/mol. The average molecular weight is 380 g/mol. The molecule has 2 heterocycles. The van der Waals surface area contributed by atoms with Crippen LogP contribution in [-0.2, 0) is 22.6 Å². The fourth-order valence-electron chi connectivity index (χ4n) is 3.96. The number of nitrogens with one attached hydrogen (secondary N) is 1. The van der Waals surface area contributed by atoms with Crippen molar-refractivity contribution in [2.75, 3.05) is 26.2 Å². The summed E-state index contributed by atoms with van der Waals surface area (Å²) >= 11 is 5.25. The second-order valence-corrected chi connectivity index (χ2v) is 7.78. The number of amides is 2. The van der Waals surface area contributed by atoms with Gasteiger partial charge >= 0.3 is 0 Å². The minimum Gasteiger partial charge on any atom is -0.339 e. The van der Waals surface area contributed by atoms with Crippen LogP contribution in [0.4, 0.5) is 0 Å². The molecule has 0 radical (unpaired) electrons. The molecule has 1 N–H and O–H groups in total. The molecule has 8 heteroatoms. The second-order valence-electron chi connectivity index (χ2n) is 7.40. The Morgan fingerprint density at radius 2 is 1.73 bits per heavy atom. The largest absolute Gasteiger partial charge is 0.339 e. The van der Waals surface area contributed by atoms with Crippen molar-refractivity contribution in [1.29, 1.82) is 0 Å². The second kappa shape index (κ2) is 8.79. The lowest BCUT2D eigenvalue weighted by Crippen LogP contribution is -2.51. The zero-order chi connectivity index (χ0) is 18.5. The van der Waals surface area contributed by atoms with Gasteiger partial charge in [-0.1, -0.05) is 19.8 Å². The average Bonchev–Trinajstić information content (AvgIpc) is 3.27. The van der Waals surface area contributed by atoms with Gasteiger partial charge in [-0.05, 0) is 37.4 Å². The number of rotatable bonds is 6. The molecule has 26 heavy (non-hydrogen) atoms. The van der Waals surface area contributed by atoms with E-state index in [0.29, 0.717) is 43.3 Å². The number of nitrogens with zero attached hydrogens (tertiary/aromatic N) is 4. The molecule has 0 atom stereocenters. The van der Waals surface area contributed by atoms with E-state index >= 15 is 0 Å². The Labute approximate surface area is 159 Å². The third kappa shape index (κ3) is 4.52. The number of hydrogen-bond acceptors (Lipinski definition) is 4. The highest BCUT2D eigenvalue weighted by molar-refractivity contribution is 7.71. The van der Waals surface area contributed by atoms with Crippen LogP contribution in [0.1, 0.15) is 51.3 Å². The van der Waals surface area contributed by atoms with Crippen molar-refractivity contribution in [3.63, 3.8) is 0 Å². The molecule has 0 aromatic carbocycles. The van der Waals surface area contributed by atoms with Gasteiger partial charge in [-0.25, -0.2) is 0 Å². The van der Waals surface area contributed by atoms with E-state index < -0.39 is 0 Å². The molecule has 0 bridgehead atoms. The van der Waals surface area contributed by atoms with Crippen LogP contribution in [0.15, 0.2) is 0 Å². The maximum atomic E-state index is 12.6. The maximum Gasteiger partial charge on any atom is 0.242 e. The maximum absolute atomic E-state index is 12.6. The lowest BCUT2D eigenvalue weighted by atomic mass is 10.0. The molecule has 1 aromatic rings. The molecule has 1 saturated carbocycles. The van der Waals surface area contributed by atoms with Gasteiger partial charge in [0.05, 0.1) is 0 Å². The summed E-state index contributed by atoms with van der Waals surface area (Å²) in [5.41, 5.74) is 0. The molecule has 0 unspecified atom stereocenters. The summed E-state index contributed by atoms with van der Waals surface area (Å²) in [5.74, 6) is 1.70. The number of aryl methyl sites for hydroxylation is 1. The number of H-pyrrole nitrogens is 1. The molecule has 2 aliphatic rings. The lowest BCUT2D eigenvalue weighted by Gasteiger charge is -2.35. The molecule has 3 rings (SSSR count). The highest BCUT2D eigenvalue weighted by Crippen LogP contribution is 2.28. The van der Waals surface area contributed by atoms with Gasteiger partial charge in [0.2, 0.25) is 11.8 Å². The summed E-state index contributed by atoms with van der Waals surface area (Å²) in [6, 6.07) is 0. The van der Waals surface area contributed by atoms with Gasteiger partial charge in [0.15, 0.2) is 4.77 Å². The minimum atomic E-state index is 0.0442. The number of hydrogen-bond donors (Lipinski definition) is 1. The van der Waals surface area contributed by atoms with E-state index in [1.807, 2.05) is 9.80 Å². The number of carbonyl (C=O) groups is 2. The molecule has 1 aliphatic carbocycles. The summed E-state index contributed by atoms with van der Waals surface area (Å²) in [4.78, 5) is 28.8. The Bertz CT molecular complexity index is 684. The van der Waals surface area contributed by atoms with Gasteiger partial charge in [0.1, 0.15) is 12.4 Å². The van der Waals surface area contributed by atoms with Crippen molar-refractivity contribution in [2.45, 2.75) is 58.4 Å². The van der Waals surface area contributed by atoms with E-state index in [9.17, 15) is 9.59 Å². The minimum absolute atomic E-state index is 0.0442. The third-order valence-electron chi connectivity index (χ3n) is 5.53.